The minimum Gasteiger partial charge on any atom is -0.365 e. The predicted molar refractivity (Wildman–Crippen MR) is 142 cm³/mol. The number of halogens is 2. The van der Waals surface area contributed by atoms with Crippen LogP contribution in [0.4, 0.5) is 5.82 Å². The molecule has 9 nitrogen and oxygen atoms in total. The van der Waals surface area contributed by atoms with Gasteiger partial charge in [-0.05, 0) is 12.1 Å². The fourth-order valence-electron chi connectivity index (χ4n) is 3.29. The number of thiazole rings is 2. The van der Waals surface area contributed by atoms with Gasteiger partial charge in [0.25, 0.3) is 11.5 Å². The van der Waals surface area contributed by atoms with Crippen LogP contribution >= 0.6 is 57.2 Å². The number of nitrogens with zero attached hydrogens (tertiary/aromatic N) is 5. The van der Waals surface area contributed by atoms with Gasteiger partial charge < -0.3 is 9.88 Å². The van der Waals surface area contributed by atoms with Crippen LogP contribution in [0.5, 0.6) is 0 Å². The SMILES string of the molecule is O=C(Cn1cc(-c2cc(NCc3ccc(Cl)s3)n(C(=O)c3cncs3)n2)c(Cl)cc1=O)c1cncs1. The Morgan fingerprint density at radius 2 is 1.78 bits per heavy atom. The van der Waals surface area contributed by atoms with E-state index < -0.39 is 5.56 Å². The molecule has 0 atom stereocenters. The maximum atomic E-state index is 13.1. The third-order valence-corrected chi connectivity index (χ3v) is 8.11. The lowest BCUT2D eigenvalue weighted by molar-refractivity contribution is 0.0949. The van der Waals surface area contributed by atoms with E-state index in [9.17, 15) is 14.4 Å². The van der Waals surface area contributed by atoms with Crippen molar-refractivity contribution in [1.82, 2.24) is 24.3 Å². The second-order valence-corrected chi connectivity index (χ2v) is 11.3. The first kappa shape index (κ1) is 24.5. The van der Waals surface area contributed by atoms with Gasteiger partial charge in [-0.1, -0.05) is 23.2 Å². The Morgan fingerprint density at radius 3 is 2.44 bits per heavy atom. The number of thiophene rings is 1. The Kier molecular flexibility index (Phi) is 7.12. The summed E-state index contributed by atoms with van der Waals surface area (Å²) in [5.41, 5.74) is 3.42. The molecule has 0 fully saturated rings. The summed E-state index contributed by atoms with van der Waals surface area (Å²) in [4.78, 5) is 47.9. The summed E-state index contributed by atoms with van der Waals surface area (Å²) in [7, 11) is 0. The van der Waals surface area contributed by atoms with E-state index in [1.807, 2.05) is 6.07 Å². The van der Waals surface area contributed by atoms with E-state index in [-0.39, 0.29) is 23.3 Å². The smallest absolute Gasteiger partial charge is 0.291 e. The third-order valence-electron chi connectivity index (χ3n) is 4.99. The molecule has 0 bridgehead atoms. The minimum absolute atomic E-state index is 0.146. The third kappa shape index (κ3) is 5.18. The summed E-state index contributed by atoms with van der Waals surface area (Å²) in [5, 5.41) is 7.85. The summed E-state index contributed by atoms with van der Waals surface area (Å²) in [6.07, 6.45) is 4.39. The first-order valence-electron chi connectivity index (χ1n) is 10.2. The van der Waals surface area contributed by atoms with Crippen molar-refractivity contribution in [3.63, 3.8) is 0 Å². The van der Waals surface area contributed by atoms with Gasteiger partial charge in [-0.15, -0.1) is 34.0 Å². The van der Waals surface area contributed by atoms with Crippen LogP contribution < -0.4 is 10.9 Å². The van der Waals surface area contributed by atoms with Crippen molar-refractivity contribution < 1.29 is 9.59 Å². The number of hydrogen-bond donors (Lipinski definition) is 1. The molecule has 5 aromatic heterocycles. The molecular weight excluding hydrogens is 563 g/mol. The van der Waals surface area contributed by atoms with E-state index in [1.165, 1.54) is 67.9 Å². The topological polar surface area (TPSA) is 112 Å². The van der Waals surface area contributed by atoms with Crippen LogP contribution in [-0.2, 0) is 13.1 Å². The standard InChI is InChI=1S/C22H14Cl2N6O3S3/c23-14-3-21(32)29(9-16(31)17-6-25-10-34-17)8-13(14)15-4-20(27-5-12-1-2-19(24)36-12)30(28-15)22(33)18-7-26-11-35-18/h1-4,6-8,10-11,27H,5,9H2. The lowest BCUT2D eigenvalue weighted by Gasteiger charge is -2.07. The van der Waals surface area contributed by atoms with Crippen molar-refractivity contribution in [1.29, 1.82) is 0 Å². The van der Waals surface area contributed by atoms with Crippen LogP contribution in [0, 0.1) is 0 Å². The van der Waals surface area contributed by atoms with Crippen LogP contribution in [0.1, 0.15) is 24.2 Å². The van der Waals surface area contributed by atoms with E-state index in [0.717, 1.165) is 4.88 Å². The molecule has 182 valence electrons. The van der Waals surface area contributed by atoms with E-state index in [1.54, 1.807) is 23.2 Å². The maximum absolute atomic E-state index is 13.1. The van der Waals surface area contributed by atoms with Crippen LogP contribution in [0.3, 0.4) is 0 Å². The van der Waals surface area contributed by atoms with Crippen molar-refractivity contribution in [3.8, 4) is 11.3 Å². The fourth-order valence-corrected chi connectivity index (χ4v) is 5.66. The summed E-state index contributed by atoms with van der Waals surface area (Å²) in [6, 6.07) is 6.57. The zero-order valence-corrected chi connectivity index (χ0v) is 22.0. The molecule has 0 unspecified atom stereocenters. The molecule has 1 N–H and O–H groups in total. The number of rotatable bonds is 8. The minimum atomic E-state index is -0.435. The fraction of sp³-hybridized carbons (Fsp3) is 0.0909. The molecule has 0 radical (unpaired) electrons. The molecule has 14 heteroatoms. The second kappa shape index (κ2) is 10.4. The zero-order valence-electron chi connectivity index (χ0n) is 18.1. The number of ketones is 1. The van der Waals surface area contributed by atoms with E-state index in [2.05, 4.69) is 20.4 Å². The summed E-state index contributed by atoms with van der Waals surface area (Å²) in [6.45, 7) is 0.227. The summed E-state index contributed by atoms with van der Waals surface area (Å²) < 4.78 is 3.14. The number of hydrogen-bond acceptors (Lipinski definition) is 10. The van der Waals surface area contributed by atoms with Crippen molar-refractivity contribution in [2.24, 2.45) is 0 Å². The Hall–Kier alpha value is -3.16. The number of carbonyl (C=O) groups excluding carboxylic acids is 2. The zero-order chi connectivity index (χ0) is 25.2. The summed E-state index contributed by atoms with van der Waals surface area (Å²) >= 11 is 16.2. The van der Waals surface area contributed by atoms with Crippen LogP contribution in [0.2, 0.25) is 9.36 Å². The van der Waals surface area contributed by atoms with Gasteiger partial charge in [0.2, 0.25) is 0 Å². The average molecular weight is 578 g/mol. The molecule has 0 aliphatic heterocycles. The highest BCUT2D eigenvalue weighted by atomic mass is 35.5. The molecule has 5 rings (SSSR count). The van der Waals surface area contributed by atoms with Crippen molar-refractivity contribution in [2.45, 2.75) is 13.1 Å². The molecule has 5 heterocycles. The Labute approximate surface area is 225 Å². The highest BCUT2D eigenvalue weighted by molar-refractivity contribution is 7.16. The van der Waals surface area contributed by atoms with E-state index in [4.69, 9.17) is 23.2 Å². The van der Waals surface area contributed by atoms with Crippen molar-refractivity contribution in [3.05, 3.63) is 88.2 Å². The normalized spacial score (nSPS) is 11.1. The number of nitrogens with one attached hydrogen (secondary N) is 1. The first-order valence-corrected chi connectivity index (χ1v) is 13.6. The molecule has 36 heavy (non-hydrogen) atoms. The molecule has 0 amide bonds. The van der Waals surface area contributed by atoms with Gasteiger partial charge in [0.15, 0.2) is 5.78 Å². The van der Waals surface area contributed by atoms with Crippen molar-refractivity contribution >= 4 is 74.7 Å². The number of aromatic nitrogens is 5. The molecule has 0 aromatic carbocycles. The predicted octanol–water partition coefficient (Wildman–Crippen LogP) is 5.18. The number of Topliss-reactive ketones (excluding diaryl/α,β-unsaturated/α-hetero) is 1. The molecule has 0 aliphatic carbocycles. The lowest BCUT2D eigenvalue weighted by atomic mass is 10.2. The van der Waals surface area contributed by atoms with Gasteiger partial charge in [0.05, 0.1) is 50.2 Å². The highest BCUT2D eigenvalue weighted by Gasteiger charge is 2.21. The van der Waals surface area contributed by atoms with Crippen LogP contribution in [-0.4, -0.2) is 36.0 Å². The number of anilines is 1. The number of pyridine rings is 1. The van der Waals surface area contributed by atoms with E-state index in [0.29, 0.717) is 37.7 Å². The van der Waals surface area contributed by atoms with Gasteiger partial charge in [-0.25, -0.2) is 0 Å². The Morgan fingerprint density at radius 1 is 1.03 bits per heavy atom. The first-order chi connectivity index (χ1) is 17.4. The van der Waals surface area contributed by atoms with Crippen molar-refractivity contribution in [2.75, 3.05) is 5.32 Å². The molecule has 0 aliphatic rings. The van der Waals surface area contributed by atoms with Gasteiger partial charge in [0.1, 0.15) is 10.7 Å². The van der Waals surface area contributed by atoms with Gasteiger partial charge in [0, 0.05) is 35.0 Å². The highest BCUT2D eigenvalue weighted by Crippen LogP contribution is 2.29. The molecule has 5 aromatic rings. The average Bonchev–Trinajstić information content (AvgIpc) is 3.66. The largest absolute Gasteiger partial charge is 0.365 e. The quantitative estimate of drug-likeness (QED) is 0.253. The van der Waals surface area contributed by atoms with E-state index >= 15 is 0 Å². The van der Waals surface area contributed by atoms with Gasteiger partial charge in [-0.2, -0.15) is 9.78 Å². The molecule has 0 saturated heterocycles. The van der Waals surface area contributed by atoms with Crippen LogP contribution in [0.25, 0.3) is 11.3 Å². The van der Waals surface area contributed by atoms with Gasteiger partial charge in [-0.3, -0.25) is 24.4 Å². The lowest BCUT2D eigenvalue weighted by Crippen LogP contribution is -2.23. The number of carbonyl (C=O) groups is 2. The molecular formula is C22H14Cl2N6O3S3. The Balaban J connectivity index is 1.51. The monoisotopic (exact) mass is 576 g/mol. The van der Waals surface area contributed by atoms with Gasteiger partial charge >= 0.3 is 0 Å². The molecule has 0 saturated carbocycles. The second-order valence-electron chi connectivity index (χ2n) is 7.35. The summed E-state index contributed by atoms with van der Waals surface area (Å²) in [5.74, 6) is -0.210. The molecule has 0 spiro atoms. The van der Waals surface area contributed by atoms with Crippen LogP contribution in [0.15, 0.2) is 58.7 Å². The Bertz CT molecular complexity index is 1610. The maximum Gasteiger partial charge on any atom is 0.291 e.